The highest BCUT2D eigenvalue weighted by atomic mass is 16.7. The Morgan fingerprint density at radius 1 is 1.25 bits per heavy atom. The van der Waals surface area contributed by atoms with Gasteiger partial charge in [0.2, 0.25) is 0 Å². The Hall–Kier alpha value is -1.17. The van der Waals surface area contributed by atoms with Crippen LogP contribution < -0.4 is 0 Å². The Bertz CT molecular complexity index is 492. The predicted octanol–water partition coefficient (Wildman–Crippen LogP) is 2.40. The van der Waals surface area contributed by atoms with Crippen molar-refractivity contribution in [3.05, 3.63) is 35.1 Å². The van der Waals surface area contributed by atoms with E-state index in [1.807, 2.05) is 52.8 Å². The number of aromatic nitrogens is 1. The molecule has 1 aliphatic rings. The average molecular weight is 275 g/mol. The third-order valence-corrected chi connectivity index (χ3v) is 4.02. The fourth-order valence-corrected chi connectivity index (χ4v) is 1.96. The van der Waals surface area contributed by atoms with E-state index in [2.05, 4.69) is 4.98 Å². The van der Waals surface area contributed by atoms with Gasteiger partial charge in [-0.15, -0.1) is 0 Å². The van der Waals surface area contributed by atoms with E-state index in [0.717, 1.165) is 11.3 Å². The summed E-state index contributed by atoms with van der Waals surface area (Å²) in [7, 11) is -0.522. The molecule has 0 saturated carbocycles. The van der Waals surface area contributed by atoms with Crippen LogP contribution in [0.2, 0.25) is 0 Å². The first-order chi connectivity index (χ1) is 9.25. The summed E-state index contributed by atoms with van der Waals surface area (Å²) in [5, 5.41) is 9.59. The zero-order valence-electron chi connectivity index (χ0n) is 12.8. The minimum atomic E-state index is -0.522. The molecule has 4 nitrogen and oxygen atoms in total. The number of pyridine rings is 1. The molecule has 0 bridgehead atoms. The third kappa shape index (κ3) is 2.95. The van der Waals surface area contributed by atoms with E-state index in [4.69, 9.17) is 9.31 Å². The number of aryl methyl sites for hydroxylation is 1. The van der Waals surface area contributed by atoms with Crippen molar-refractivity contribution in [3.63, 3.8) is 0 Å². The van der Waals surface area contributed by atoms with Gasteiger partial charge in [0.1, 0.15) is 0 Å². The number of nitrogens with zero attached hydrogens (tertiary/aromatic N) is 1. The zero-order valence-corrected chi connectivity index (χ0v) is 12.8. The van der Waals surface area contributed by atoms with Gasteiger partial charge in [-0.1, -0.05) is 12.1 Å². The number of hydrogen-bond donors (Lipinski definition) is 1. The molecule has 0 radical (unpaired) electrons. The summed E-state index contributed by atoms with van der Waals surface area (Å²) < 4.78 is 11.9. The van der Waals surface area contributed by atoms with Gasteiger partial charge < -0.3 is 14.4 Å². The van der Waals surface area contributed by atoms with Crippen LogP contribution in [0.1, 0.15) is 39.0 Å². The maximum absolute atomic E-state index is 9.59. The molecule has 1 aromatic rings. The smallest absolute Gasteiger partial charge is 0.400 e. The first-order valence-corrected chi connectivity index (χ1v) is 6.85. The molecular weight excluding hydrogens is 253 g/mol. The summed E-state index contributed by atoms with van der Waals surface area (Å²) in [6.45, 7) is 9.81. The van der Waals surface area contributed by atoms with Gasteiger partial charge in [0.25, 0.3) is 0 Å². The number of aliphatic hydroxyl groups excluding tert-OH is 1. The van der Waals surface area contributed by atoms with Crippen LogP contribution in [-0.4, -0.2) is 35.0 Å². The van der Waals surface area contributed by atoms with Gasteiger partial charge in [-0.3, -0.25) is 4.98 Å². The maximum atomic E-state index is 9.59. The standard InChI is InChI=1S/C15H22BNO3/c1-11-6-7-12(9-17-11)8-13(10-18)16-19-14(2,3)15(4,5)20-16/h6-9,18H,10H2,1-5H3. The topological polar surface area (TPSA) is 51.6 Å². The van der Waals surface area contributed by atoms with Crippen molar-refractivity contribution in [2.45, 2.75) is 45.8 Å². The van der Waals surface area contributed by atoms with Crippen molar-refractivity contribution >= 4 is 13.2 Å². The molecule has 0 aromatic carbocycles. The highest BCUT2D eigenvalue weighted by Gasteiger charge is 2.52. The van der Waals surface area contributed by atoms with Gasteiger partial charge in [0, 0.05) is 11.9 Å². The van der Waals surface area contributed by atoms with E-state index in [0.29, 0.717) is 5.47 Å². The van der Waals surface area contributed by atoms with Crippen molar-refractivity contribution in [1.29, 1.82) is 0 Å². The van der Waals surface area contributed by atoms with Crippen LogP contribution >= 0.6 is 0 Å². The van der Waals surface area contributed by atoms with Gasteiger partial charge in [-0.25, -0.2) is 0 Å². The molecule has 2 heterocycles. The van der Waals surface area contributed by atoms with E-state index in [1.54, 1.807) is 6.20 Å². The second-order valence-corrected chi connectivity index (χ2v) is 6.20. The lowest BCUT2D eigenvalue weighted by molar-refractivity contribution is 0.00578. The van der Waals surface area contributed by atoms with E-state index >= 15 is 0 Å². The monoisotopic (exact) mass is 275 g/mol. The van der Waals surface area contributed by atoms with E-state index in [-0.39, 0.29) is 6.61 Å². The largest absolute Gasteiger partial charge is 0.492 e. The second kappa shape index (κ2) is 5.32. The normalized spacial score (nSPS) is 21.3. The van der Waals surface area contributed by atoms with Crippen LogP contribution in [0.4, 0.5) is 0 Å². The first-order valence-electron chi connectivity index (χ1n) is 6.85. The lowest BCUT2D eigenvalue weighted by atomic mass is 9.77. The molecule has 1 saturated heterocycles. The minimum Gasteiger partial charge on any atom is -0.400 e. The lowest BCUT2D eigenvalue weighted by Gasteiger charge is -2.32. The SMILES string of the molecule is Cc1ccc(C=C(CO)B2OC(C)(C)C(C)(C)O2)cn1. The molecule has 0 unspecified atom stereocenters. The summed E-state index contributed by atoms with van der Waals surface area (Å²) in [5.74, 6) is 0. The minimum absolute atomic E-state index is 0.106. The highest BCUT2D eigenvalue weighted by Crippen LogP contribution is 2.38. The Balaban J connectivity index is 2.24. The Morgan fingerprint density at radius 3 is 2.30 bits per heavy atom. The molecule has 1 N–H and O–H groups in total. The maximum Gasteiger partial charge on any atom is 0.492 e. The van der Waals surface area contributed by atoms with Crippen LogP contribution in [0.3, 0.4) is 0 Å². The molecule has 1 aliphatic heterocycles. The van der Waals surface area contributed by atoms with Gasteiger partial charge in [-0.05, 0) is 51.7 Å². The molecule has 108 valence electrons. The molecule has 0 amide bonds. The summed E-state index contributed by atoms with van der Waals surface area (Å²) in [6.07, 6.45) is 3.64. The van der Waals surface area contributed by atoms with Crippen molar-refractivity contribution in [2.75, 3.05) is 6.61 Å². The quantitative estimate of drug-likeness (QED) is 0.860. The van der Waals surface area contributed by atoms with Gasteiger partial charge in [0.05, 0.1) is 17.8 Å². The molecule has 20 heavy (non-hydrogen) atoms. The third-order valence-electron chi connectivity index (χ3n) is 4.02. The molecule has 0 spiro atoms. The fourth-order valence-electron chi connectivity index (χ4n) is 1.96. The predicted molar refractivity (Wildman–Crippen MR) is 80.1 cm³/mol. The van der Waals surface area contributed by atoms with Crippen LogP contribution in [0, 0.1) is 6.92 Å². The molecule has 2 rings (SSSR count). The van der Waals surface area contributed by atoms with Gasteiger partial charge in [0.15, 0.2) is 0 Å². The highest BCUT2D eigenvalue weighted by molar-refractivity contribution is 6.55. The molecule has 0 aliphatic carbocycles. The van der Waals surface area contributed by atoms with Crippen molar-refractivity contribution in [1.82, 2.24) is 4.98 Å². The van der Waals surface area contributed by atoms with Crippen LogP contribution in [0.15, 0.2) is 23.8 Å². The molecule has 0 atom stereocenters. The molecule has 1 aromatic heterocycles. The summed E-state index contributed by atoms with van der Waals surface area (Å²) in [5.41, 5.74) is 1.78. The van der Waals surface area contributed by atoms with Gasteiger partial charge >= 0.3 is 7.12 Å². The Morgan fingerprint density at radius 2 is 1.85 bits per heavy atom. The van der Waals surface area contributed by atoms with Crippen molar-refractivity contribution < 1.29 is 14.4 Å². The number of aliphatic hydroxyl groups is 1. The summed E-state index contributed by atoms with van der Waals surface area (Å²) in [6, 6.07) is 3.90. The zero-order chi connectivity index (χ0) is 15.0. The Kier molecular flexibility index (Phi) is 4.05. The van der Waals surface area contributed by atoms with E-state index in [1.165, 1.54) is 0 Å². The fraction of sp³-hybridized carbons (Fsp3) is 0.533. The average Bonchev–Trinajstić information content (AvgIpc) is 2.57. The Labute approximate surface area is 121 Å². The lowest BCUT2D eigenvalue weighted by Crippen LogP contribution is -2.41. The molecular formula is C15H22BNO3. The number of rotatable bonds is 3. The van der Waals surface area contributed by atoms with E-state index in [9.17, 15) is 5.11 Å². The molecule has 5 heteroatoms. The van der Waals surface area contributed by atoms with Crippen molar-refractivity contribution in [2.24, 2.45) is 0 Å². The van der Waals surface area contributed by atoms with E-state index < -0.39 is 18.3 Å². The molecule has 1 fully saturated rings. The first kappa shape index (κ1) is 15.2. The summed E-state index contributed by atoms with van der Waals surface area (Å²) in [4.78, 5) is 4.24. The van der Waals surface area contributed by atoms with Crippen LogP contribution in [0.25, 0.3) is 6.08 Å². The van der Waals surface area contributed by atoms with Crippen molar-refractivity contribution in [3.8, 4) is 0 Å². The number of hydrogen-bond acceptors (Lipinski definition) is 4. The van der Waals surface area contributed by atoms with Gasteiger partial charge in [-0.2, -0.15) is 0 Å². The second-order valence-electron chi connectivity index (χ2n) is 6.20. The summed E-state index contributed by atoms with van der Waals surface area (Å²) >= 11 is 0. The van der Waals surface area contributed by atoms with Crippen LogP contribution in [-0.2, 0) is 9.31 Å². The van der Waals surface area contributed by atoms with Crippen LogP contribution in [0.5, 0.6) is 0 Å².